The molecule has 12 nitrogen and oxygen atoms in total. The highest BCUT2D eigenvalue weighted by Gasteiger charge is 2.10. The molecule has 0 fully saturated rings. The van der Waals surface area contributed by atoms with Crippen molar-refractivity contribution in [3.8, 4) is 0 Å². The summed E-state index contributed by atoms with van der Waals surface area (Å²) in [5.41, 5.74) is 1.17. The van der Waals surface area contributed by atoms with Gasteiger partial charge >= 0.3 is 35.8 Å². The average molecular weight is 522 g/mol. The number of carbonyl (C=O) groups excluding carboxylic acids is 4. The van der Waals surface area contributed by atoms with Crippen LogP contribution >= 0.6 is 0 Å². The van der Waals surface area contributed by atoms with E-state index in [-0.39, 0.29) is 12.1 Å². The molecular formula is C25H31NO11. The van der Waals surface area contributed by atoms with Gasteiger partial charge in [0.2, 0.25) is 0 Å². The minimum Gasteiger partial charge on any atom is -0.478 e. The van der Waals surface area contributed by atoms with Crippen molar-refractivity contribution in [2.75, 3.05) is 13.7 Å². The Hall–Kier alpha value is -4.84. The molecule has 12 heteroatoms. The third kappa shape index (κ3) is 27.3. The maximum absolute atomic E-state index is 10.7. The monoisotopic (exact) mass is 521 g/mol. The van der Waals surface area contributed by atoms with Gasteiger partial charge < -0.3 is 30.6 Å². The predicted molar refractivity (Wildman–Crippen MR) is 133 cm³/mol. The Morgan fingerprint density at radius 1 is 0.892 bits per heavy atom. The summed E-state index contributed by atoms with van der Waals surface area (Å²) in [7, 11) is 1.18. The summed E-state index contributed by atoms with van der Waals surface area (Å²) in [5.74, 6) is -4.51. The van der Waals surface area contributed by atoms with Gasteiger partial charge in [-0.25, -0.2) is 28.8 Å². The van der Waals surface area contributed by atoms with Gasteiger partial charge in [0.25, 0.3) is 0 Å². The topological polar surface area (TPSA) is 206 Å². The standard InChI is InChI=1S/C8H12O4.C8H8.C5H6O4.C4H2O3.H3N/c1-6(2)5-12-8(11)4-3-7(9)10;1-2-8-6-4-3-5-7-8;1-9-5(8)3-2-4(6)7;5-3-1-2-4(6)7-3;/h3-4,6H,5H2,1-2H3,(H,9,10);2-7H,1H2;2-3H,1H3,(H,6,7);1-2H;1H3/b4-3-;;3-2-;;. The highest BCUT2D eigenvalue weighted by atomic mass is 16.6. The molecule has 0 saturated heterocycles. The molecule has 1 aliphatic heterocycles. The van der Waals surface area contributed by atoms with Gasteiger partial charge in [-0.1, -0.05) is 56.8 Å². The second-order valence-electron chi connectivity index (χ2n) is 6.58. The molecule has 1 aromatic carbocycles. The summed E-state index contributed by atoms with van der Waals surface area (Å²) in [4.78, 5) is 60.3. The molecule has 0 aliphatic carbocycles. The van der Waals surface area contributed by atoms with Gasteiger partial charge in [-0.2, -0.15) is 0 Å². The minimum absolute atomic E-state index is 0. The molecule has 0 amide bonds. The minimum atomic E-state index is -1.17. The molecule has 1 heterocycles. The predicted octanol–water partition coefficient (Wildman–Crippen LogP) is 2.74. The zero-order valence-electron chi connectivity index (χ0n) is 20.7. The second kappa shape index (κ2) is 22.9. The van der Waals surface area contributed by atoms with Crippen LogP contribution in [0.15, 0.2) is 73.4 Å². The van der Waals surface area contributed by atoms with Crippen molar-refractivity contribution in [2.45, 2.75) is 13.8 Å². The number of methoxy groups -OCH3 is 1. The fraction of sp³-hybridized carbons (Fsp3) is 0.200. The van der Waals surface area contributed by atoms with Gasteiger partial charge in [0.15, 0.2) is 0 Å². The van der Waals surface area contributed by atoms with Crippen LogP contribution in [0, 0.1) is 5.92 Å². The van der Waals surface area contributed by atoms with E-state index in [4.69, 9.17) is 10.2 Å². The van der Waals surface area contributed by atoms with Crippen molar-refractivity contribution in [2.24, 2.45) is 5.92 Å². The van der Waals surface area contributed by atoms with E-state index in [2.05, 4.69) is 20.8 Å². The highest BCUT2D eigenvalue weighted by Crippen LogP contribution is 1.97. The van der Waals surface area contributed by atoms with E-state index in [1.54, 1.807) is 0 Å². The number of cyclic esters (lactones) is 2. The first-order valence-electron chi connectivity index (χ1n) is 10.1. The lowest BCUT2D eigenvalue weighted by Crippen LogP contribution is -2.07. The Morgan fingerprint density at radius 3 is 1.65 bits per heavy atom. The van der Waals surface area contributed by atoms with E-state index in [0.29, 0.717) is 12.7 Å². The number of aliphatic carboxylic acids is 2. The van der Waals surface area contributed by atoms with Gasteiger partial charge in [0, 0.05) is 36.5 Å². The number of carboxylic acid groups (broad SMARTS) is 2. The van der Waals surface area contributed by atoms with Gasteiger partial charge in [0.1, 0.15) is 0 Å². The van der Waals surface area contributed by atoms with Crippen LogP contribution in [0.2, 0.25) is 0 Å². The first-order chi connectivity index (χ1) is 16.9. The van der Waals surface area contributed by atoms with Crippen LogP contribution in [0.25, 0.3) is 6.08 Å². The van der Waals surface area contributed by atoms with Crippen LogP contribution in [0.1, 0.15) is 19.4 Å². The van der Waals surface area contributed by atoms with E-state index in [1.165, 1.54) is 12.7 Å². The van der Waals surface area contributed by atoms with Crippen LogP contribution in [-0.4, -0.2) is 59.7 Å². The quantitative estimate of drug-likeness (QED) is 0.205. The normalized spacial score (nSPS) is 10.9. The number of carbonyl (C=O) groups is 6. The Labute approximate surface area is 214 Å². The molecule has 0 aromatic heterocycles. The van der Waals surface area contributed by atoms with E-state index in [1.807, 2.05) is 50.3 Å². The van der Waals surface area contributed by atoms with E-state index in [0.717, 1.165) is 30.4 Å². The van der Waals surface area contributed by atoms with Crippen LogP contribution in [0.3, 0.4) is 0 Å². The third-order valence-electron chi connectivity index (χ3n) is 3.08. The van der Waals surface area contributed by atoms with Crippen molar-refractivity contribution in [3.63, 3.8) is 0 Å². The fourth-order valence-corrected chi connectivity index (χ4v) is 1.54. The molecule has 202 valence electrons. The zero-order valence-corrected chi connectivity index (χ0v) is 20.7. The Morgan fingerprint density at radius 2 is 1.35 bits per heavy atom. The largest absolute Gasteiger partial charge is 0.478 e. The highest BCUT2D eigenvalue weighted by molar-refractivity contribution is 6.04. The number of esters is 4. The SMILES string of the molecule is C=Cc1ccccc1.CC(C)COC(=O)/C=C\C(=O)O.COC(=O)/C=C\C(=O)O.N.O=C1C=CC(=O)O1. The van der Waals surface area contributed by atoms with E-state index >= 15 is 0 Å². The van der Waals surface area contributed by atoms with Gasteiger partial charge in [-0.15, -0.1) is 0 Å². The molecule has 0 saturated carbocycles. The molecule has 0 radical (unpaired) electrons. The van der Waals surface area contributed by atoms with Gasteiger partial charge in [-0.3, -0.25) is 0 Å². The Bertz CT molecular complexity index is 962. The molecule has 0 unspecified atom stereocenters. The summed E-state index contributed by atoms with van der Waals surface area (Å²) in [6, 6.07) is 10.0. The molecule has 0 atom stereocenters. The number of ether oxygens (including phenoxy) is 3. The number of rotatable bonds is 7. The summed E-state index contributed by atoms with van der Waals surface area (Å²) < 4.78 is 12.7. The van der Waals surface area contributed by atoms with E-state index in [9.17, 15) is 28.8 Å². The summed E-state index contributed by atoms with van der Waals surface area (Å²) >= 11 is 0. The van der Waals surface area contributed by atoms with Crippen molar-refractivity contribution in [1.29, 1.82) is 0 Å². The molecule has 0 bridgehead atoms. The molecule has 5 N–H and O–H groups in total. The lowest BCUT2D eigenvalue weighted by molar-refractivity contribution is -0.150. The number of hydrogen-bond donors (Lipinski definition) is 3. The number of benzene rings is 1. The van der Waals surface area contributed by atoms with E-state index < -0.39 is 35.8 Å². The smallest absolute Gasteiger partial charge is 0.338 e. The van der Waals surface area contributed by atoms with Gasteiger partial charge in [0.05, 0.1) is 13.7 Å². The lowest BCUT2D eigenvalue weighted by atomic mass is 10.2. The van der Waals surface area contributed by atoms with Crippen molar-refractivity contribution < 1.29 is 53.2 Å². The maximum Gasteiger partial charge on any atom is 0.338 e. The van der Waals surface area contributed by atoms with Crippen LogP contribution < -0.4 is 6.15 Å². The summed E-state index contributed by atoms with van der Waals surface area (Å²) in [6.45, 7) is 7.73. The third-order valence-corrected chi connectivity index (χ3v) is 3.08. The molecular weight excluding hydrogens is 490 g/mol. The number of hydrogen-bond acceptors (Lipinski definition) is 10. The van der Waals surface area contributed by atoms with Gasteiger partial charge in [-0.05, 0) is 11.5 Å². The fourth-order valence-electron chi connectivity index (χ4n) is 1.54. The molecule has 37 heavy (non-hydrogen) atoms. The molecule has 1 aromatic rings. The zero-order chi connectivity index (χ0) is 27.9. The van der Waals surface area contributed by atoms with Crippen molar-refractivity contribution in [1.82, 2.24) is 6.15 Å². The second-order valence-corrected chi connectivity index (χ2v) is 6.58. The molecule has 2 rings (SSSR count). The Kier molecular flexibility index (Phi) is 22.8. The first-order valence-corrected chi connectivity index (χ1v) is 10.1. The van der Waals surface area contributed by atoms with Crippen molar-refractivity contribution in [3.05, 3.63) is 78.9 Å². The number of carboxylic acids is 2. The first kappa shape index (κ1) is 36.7. The van der Waals surface area contributed by atoms with Crippen molar-refractivity contribution >= 4 is 41.9 Å². The summed E-state index contributed by atoms with van der Waals surface area (Å²) in [5, 5.41) is 16.1. The van der Waals surface area contributed by atoms with Crippen LogP contribution in [-0.2, 0) is 43.0 Å². The maximum atomic E-state index is 10.7. The van der Waals surface area contributed by atoms with Crippen LogP contribution in [0.4, 0.5) is 0 Å². The van der Waals surface area contributed by atoms with Crippen LogP contribution in [0.5, 0.6) is 0 Å². The molecule has 0 spiro atoms. The lowest BCUT2D eigenvalue weighted by Gasteiger charge is -2.03. The average Bonchev–Trinajstić information content (AvgIpc) is 3.23. The summed E-state index contributed by atoms with van der Waals surface area (Å²) in [6.07, 6.45) is 7.20. The Balaban J connectivity index is -0.000000420. The molecule has 1 aliphatic rings.